The van der Waals surface area contributed by atoms with Crippen molar-refractivity contribution in [2.24, 2.45) is 11.8 Å². The van der Waals surface area contributed by atoms with E-state index in [9.17, 15) is 9.59 Å². The van der Waals surface area contributed by atoms with Crippen LogP contribution in [0.15, 0.2) is 60.7 Å². The van der Waals surface area contributed by atoms with Crippen molar-refractivity contribution < 1.29 is 38.0 Å². The highest BCUT2D eigenvalue weighted by molar-refractivity contribution is 5.91. The summed E-state index contributed by atoms with van der Waals surface area (Å²) in [5.41, 5.74) is 2.26. The maximum Gasteiger partial charge on any atom is 0.343 e. The molecule has 5 rings (SSSR count). The number of hydrogen-bond acceptors (Lipinski definition) is 8. The minimum Gasteiger partial charge on any atom is -0.493 e. The molecule has 0 aliphatic carbocycles. The maximum absolute atomic E-state index is 12.6. The lowest BCUT2D eigenvalue weighted by Gasteiger charge is -2.18. The fourth-order valence-electron chi connectivity index (χ4n) is 4.56. The average molecular weight is 491 g/mol. The minimum absolute atomic E-state index is 0.00885. The highest BCUT2D eigenvalue weighted by Gasteiger charge is 2.37. The SMILES string of the molecule is COc1cc(C[C@H]2C(=O)OC[C@@H]2Cc2ccc3c(c2)OCO3)cc(OC)c1OC(=O)c1ccccc1. The molecule has 1 fully saturated rings. The first-order valence-electron chi connectivity index (χ1n) is 11.6. The highest BCUT2D eigenvalue weighted by Crippen LogP contribution is 2.41. The average Bonchev–Trinajstić information content (AvgIpc) is 3.51. The van der Waals surface area contributed by atoms with Crippen molar-refractivity contribution in [3.8, 4) is 28.7 Å². The molecule has 1 saturated heterocycles. The molecule has 0 amide bonds. The second kappa shape index (κ2) is 10.2. The molecular weight excluding hydrogens is 464 g/mol. The Kier molecular flexibility index (Phi) is 6.66. The van der Waals surface area contributed by atoms with Crippen LogP contribution < -0.4 is 23.7 Å². The Bertz CT molecular complexity index is 1240. The first kappa shape index (κ1) is 23.5. The molecule has 0 N–H and O–H groups in total. The van der Waals surface area contributed by atoms with E-state index in [0.29, 0.717) is 42.3 Å². The number of ether oxygens (including phenoxy) is 6. The summed E-state index contributed by atoms with van der Waals surface area (Å²) >= 11 is 0. The van der Waals surface area contributed by atoms with Gasteiger partial charge in [0.2, 0.25) is 12.5 Å². The van der Waals surface area contributed by atoms with E-state index in [4.69, 9.17) is 28.4 Å². The molecule has 0 saturated carbocycles. The molecular formula is C28H26O8. The summed E-state index contributed by atoms with van der Waals surface area (Å²) in [4.78, 5) is 25.3. The normalized spacial score (nSPS) is 18.0. The molecule has 2 heterocycles. The van der Waals surface area contributed by atoms with Crippen LogP contribution in [0.25, 0.3) is 0 Å². The maximum atomic E-state index is 12.6. The van der Waals surface area contributed by atoms with Gasteiger partial charge in [-0.1, -0.05) is 24.3 Å². The van der Waals surface area contributed by atoms with E-state index in [-0.39, 0.29) is 30.3 Å². The molecule has 8 nitrogen and oxygen atoms in total. The van der Waals surface area contributed by atoms with E-state index in [0.717, 1.165) is 16.9 Å². The number of esters is 2. The minimum atomic E-state index is -0.525. The van der Waals surface area contributed by atoms with Gasteiger partial charge in [0.05, 0.1) is 32.3 Å². The molecule has 0 unspecified atom stereocenters. The Morgan fingerprint density at radius 1 is 0.861 bits per heavy atom. The first-order chi connectivity index (χ1) is 17.6. The third-order valence-electron chi connectivity index (χ3n) is 6.43. The van der Waals surface area contributed by atoms with E-state index in [1.807, 2.05) is 24.3 Å². The van der Waals surface area contributed by atoms with Gasteiger partial charge in [0.15, 0.2) is 23.0 Å². The fourth-order valence-corrected chi connectivity index (χ4v) is 4.56. The summed E-state index contributed by atoms with van der Waals surface area (Å²) in [7, 11) is 2.98. The summed E-state index contributed by atoms with van der Waals surface area (Å²) in [6.45, 7) is 0.561. The molecule has 0 aromatic heterocycles. The zero-order chi connectivity index (χ0) is 25.1. The largest absolute Gasteiger partial charge is 0.493 e. The van der Waals surface area contributed by atoms with Gasteiger partial charge in [-0.15, -0.1) is 0 Å². The van der Waals surface area contributed by atoms with Crippen LogP contribution in [0.4, 0.5) is 0 Å². The van der Waals surface area contributed by atoms with Gasteiger partial charge in [0.25, 0.3) is 0 Å². The highest BCUT2D eigenvalue weighted by atomic mass is 16.7. The Balaban J connectivity index is 1.35. The van der Waals surface area contributed by atoms with Crippen LogP contribution in [0.2, 0.25) is 0 Å². The van der Waals surface area contributed by atoms with Crippen molar-refractivity contribution in [2.45, 2.75) is 12.8 Å². The second-order valence-corrected chi connectivity index (χ2v) is 8.68. The smallest absolute Gasteiger partial charge is 0.343 e. The third-order valence-corrected chi connectivity index (χ3v) is 6.43. The Morgan fingerprint density at radius 3 is 2.31 bits per heavy atom. The molecule has 2 atom stereocenters. The lowest BCUT2D eigenvalue weighted by Crippen LogP contribution is -2.21. The molecule has 186 valence electrons. The van der Waals surface area contributed by atoms with Gasteiger partial charge in [0.1, 0.15) is 0 Å². The van der Waals surface area contributed by atoms with Crippen LogP contribution in [-0.2, 0) is 22.4 Å². The van der Waals surface area contributed by atoms with Crippen LogP contribution in [-0.4, -0.2) is 39.6 Å². The van der Waals surface area contributed by atoms with Crippen molar-refractivity contribution in [3.05, 3.63) is 77.4 Å². The number of fused-ring (bicyclic) bond motifs is 1. The number of benzene rings is 3. The number of carbonyl (C=O) groups excluding carboxylic acids is 2. The third kappa shape index (κ3) is 4.79. The number of carbonyl (C=O) groups is 2. The number of rotatable bonds is 8. The zero-order valence-electron chi connectivity index (χ0n) is 20.0. The van der Waals surface area contributed by atoms with E-state index >= 15 is 0 Å². The van der Waals surface area contributed by atoms with E-state index in [2.05, 4.69) is 0 Å². The lowest BCUT2D eigenvalue weighted by atomic mass is 9.85. The quantitative estimate of drug-likeness (QED) is 0.342. The molecule has 8 heteroatoms. The van der Waals surface area contributed by atoms with Crippen molar-refractivity contribution in [2.75, 3.05) is 27.6 Å². The summed E-state index contributed by atoms with van der Waals surface area (Å²) in [6, 6.07) is 18.0. The van der Waals surface area contributed by atoms with Gasteiger partial charge < -0.3 is 28.4 Å². The number of cyclic esters (lactones) is 1. The van der Waals surface area contributed by atoms with Gasteiger partial charge >= 0.3 is 11.9 Å². The molecule has 3 aromatic carbocycles. The molecule has 0 radical (unpaired) electrons. The van der Waals surface area contributed by atoms with E-state index in [1.54, 1.807) is 36.4 Å². The zero-order valence-corrected chi connectivity index (χ0v) is 20.0. The molecule has 36 heavy (non-hydrogen) atoms. The van der Waals surface area contributed by atoms with Gasteiger partial charge in [0, 0.05) is 5.92 Å². The molecule has 0 bridgehead atoms. The summed E-state index contributed by atoms with van der Waals surface area (Å²) in [6.07, 6.45) is 1.09. The Hall–Kier alpha value is -4.20. The van der Waals surface area contributed by atoms with Crippen LogP contribution in [0, 0.1) is 11.8 Å². The summed E-state index contributed by atoms with van der Waals surface area (Å²) in [5, 5.41) is 0. The Morgan fingerprint density at radius 2 is 1.58 bits per heavy atom. The molecule has 3 aromatic rings. The van der Waals surface area contributed by atoms with Crippen molar-refractivity contribution in [1.29, 1.82) is 0 Å². The van der Waals surface area contributed by atoms with Crippen LogP contribution in [0.1, 0.15) is 21.5 Å². The fraction of sp³-hybridized carbons (Fsp3) is 0.286. The van der Waals surface area contributed by atoms with Crippen LogP contribution in [0.3, 0.4) is 0 Å². The van der Waals surface area contributed by atoms with Crippen molar-refractivity contribution in [3.63, 3.8) is 0 Å². The topological polar surface area (TPSA) is 89.5 Å². The Labute approximate surface area is 208 Å². The van der Waals surface area contributed by atoms with Crippen LogP contribution in [0.5, 0.6) is 28.7 Å². The standard InChI is InChI=1S/C28H26O8/c1-31-24-13-18(14-25(32-2)26(24)36-27(29)19-6-4-3-5-7-19)11-21-20(15-33-28(21)30)10-17-8-9-22-23(12-17)35-16-34-22/h3-9,12-14,20-21H,10-11,15-16H2,1-2H3/t20-,21+/m0/s1. The number of methoxy groups -OCH3 is 2. The van der Waals surface area contributed by atoms with Crippen molar-refractivity contribution in [1.82, 2.24) is 0 Å². The van der Waals surface area contributed by atoms with Gasteiger partial charge in [-0.05, 0) is 60.4 Å². The van der Waals surface area contributed by atoms with E-state index < -0.39 is 5.97 Å². The van der Waals surface area contributed by atoms with Crippen LogP contribution >= 0.6 is 0 Å². The predicted molar refractivity (Wildman–Crippen MR) is 129 cm³/mol. The lowest BCUT2D eigenvalue weighted by molar-refractivity contribution is -0.141. The monoisotopic (exact) mass is 490 g/mol. The van der Waals surface area contributed by atoms with E-state index in [1.165, 1.54) is 14.2 Å². The van der Waals surface area contributed by atoms with Gasteiger partial charge in [-0.2, -0.15) is 0 Å². The second-order valence-electron chi connectivity index (χ2n) is 8.68. The summed E-state index contributed by atoms with van der Waals surface area (Å²) < 4.78 is 33.0. The van der Waals surface area contributed by atoms with Crippen molar-refractivity contribution >= 4 is 11.9 Å². The van der Waals surface area contributed by atoms with Gasteiger partial charge in [-0.25, -0.2) is 4.79 Å². The number of hydrogen-bond donors (Lipinski definition) is 0. The predicted octanol–water partition coefficient (Wildman–Crippen LogP) is 4.23. The summed E-state index contributed by atoms with van der Waals surface area (Å²) in [5.74, 6) is 1.18. The first-order valence-corrected chi connectivity index (χ1v) is 11.6. The van der Waals surface area contributed by atoms with Gasteiger partial charge in [-0.3, -0.25) is 4.79 Å². The molecule has 2 aliphatic rings. The molecule has 0 spiro atoms. The molecule has 2 aliphatic heterocycles.